The first-order valence-electron chi connectivity index (χ1n) is 7.83. The van der Waals surface area contributed by atoms with Crippen LogP contribution in [0.2, 0.25) is 0 Å². The lowest BCUT2D eigenvalue weighted by Gasteiger charge is -2.07. The van der Waals surface area contributed by atoms with Gasteiger partial charge in [-0.3, -0.25) is 4.79 Å². The average molecular weight is 296 g/mol. The van der Waals surface area contributed by atoms with E-state index in [1.165, 1.54) is 23.8 Å². The highest BCUT2D eigenvalue weighted by molar-refractivity contribution is 5.69. The number of benzene rings is 2. The molecule has 0 spiro atoms. The van der Waals surface area contributed by atoms with Crippen molar-refractivity contribution in [2.75, 3.05) is 7.11 Å². The molecule has 0 aliphatic heterocycles. The second kappa shape index (κ2) is 7.79. The van der Waals surface area contributed by atoms with E-state index in [2.05, 4.69) is 67.1 Å². The molecule has 0 aromatic heterocycles. The van der Waals surface area contributed by atoms with Crippen LogP contribution in [0.5, 0.6) is 0 Å². The molecule has 2 rings (SSSR count). The first kappa shape index (κ1) is 16.3. The lowest BCUT2D eigenvalue weighted by molar-refractivity contribution is -0.140. The van der Waals surface area contributed by atoms with Crippen molar-refractivity contribution in [3.63, 3.8) is 0 Å². The van der Waals surface area contributed by atoms with Crippen LogP contribution in [0.1, 0.15) is 31.4 Å². The summed E-state index contributed by atoms with van der Waals surface area (Å²) in [6.07, 6.45) is 2.27. The molecule has 0 atom stereocenters. The molecular weight excluding hydrogens is 272 g/mol. The van der Waals surface area contributed by atoms with Crippen molar-refractivity contribution < 1.29 is 9.53 Å². The molecule has 22 heavy (non-hydrogen) atoms. The summed E-state index contributed by atoms with van der Waals surface area (Å²) in [6.45, 7) is 4.47. The molecule has 2 nitrogen and oxygen atoms in total. The Labute approximate surface area is 133 Å². The Hall–Kier alpha value is -2.09. The summed E-state index contributed by atoms with van der Waals surface area (Å²) in [7, 11) is 1.42. The largest absolute Gasteiger partial charge is 0.469 e. The SMILES string of the molecule is COC(=O)CCc1ccc(-c2ccc(CC(C)C)cc2)cc1. The van der Waals surface area contributed by atoms with Crippen molar-refractivity contribution in [2.45, 2.75) is 33.1 Å². The number of carbonyl (C=O) groups is 1. The monoisotopic (exact) mass is 296 g/mol. The van der Waals surface area contributed by atoms with Gasteiger partial charge in [0.05, 0.1) is 7.11 Å². The van der Waals surface area contributed by atoms with Crippen molar-refractivity contribution in [2.24, 2.45) is 5.92 Å². The second-order valence-corrected chi connectivity index (χ2v) is 6.07. The lowest BCUT2D eigenvalue weighted by atomic mass is 9.98. The van der Waals surface area contributed by atoms with Crippen molar-refractivity contribution >= 4 is 5.97 Å². The maximum Gasteiger partial charge on any atom is 0.305 e. The minimum absolute atomic E-state index is 0.162. The molecule has 2 aromatic rings. The number of ether oxygens (including phenoxy) is 1. The van der Waals surface area contributed by atoms with Crippen LogP contribution in [0, 0.1) is 5.92 Å². The van der Waals surface area contributed by atoms with Crippen LogP contribution < -0.4 is 0 Å². The zero-order valence-electron chi connectivity index (χ0n) is 13.6. The van der Waals surface area contributed by atoms with Gasteiger partial charge in [0.25, 0.3) is 0 Å². The fourth-order valence-corrected chi connectivity index (χ4v) is 2.52. The Balaban J connectivity index is 2.02. The Bertz CT molecular complexity index is 595. The highest BCUT2D eigenvalue weighted by Gasteiger charge is 2.03. The molecule has 0 N–H and O–H groups in total. The Morgan fingerprint density at radius 3 is 1.86 bits per heavy atom. The Morgan fingerprint density at radius 1 is 0.909 bits per heavy atom. The van der Waals surface area contributed by atoms with E-state index in [1.54, 1.807) is 0 Å². The normalized spacial score (nSPS) is 10.7. The number of hydrogen-bond acceptors (Lipinski definition) is 2. The van der Waals surface area contributed by atoms with Crippen LogP contribution >= 0.6 is 0 Å². The van der Waals surface area contributed by atoms with Gasteiger partial charge in [-0.1, -0.05) is 62.4 Å². The smallest absolute Gasteiger partial charge is 0.305 e. The van der Waals surface area contributed by atoms with E-state index < -0.39 is 0 Å². The topological polar surface area (TPSA) is 26.3 Å². The number of methoxy groups -OCH3 is 1. The highest BCUT2D eigenvalue weighted by atomic mass is 16.5. The van der Waals surface area contributed by atoms with Gasteiger partial charge in [-0.15, -0.1) is 0 Å². The first-order chi connectivity index (χ1) is 10.6. The van der Waals surface area contributed by atoms with Gasteiger partial charge in [0.1, 0.15) is 0 Å². The van der Waals surface area contributed by atoms with E-state index >= 15 is 0 Å². The van der Waals surface area contributed by atoms with Crippen LogP contribution in [0.4, 0.5) is 0 Å². The number of hydrogen-bond donors (Lipinski definition) is 0. The van der Waals surface area contributed by atoms with Crippen LogP contribution in [-0.4, -0.2) is 13.1 Å². The molecule has 0 aliphatic carbocycles. The van der Waals surface area contributed by atoms with Crippen molar-refractivity contribution in [3.05, 3.63) is 59.7 Å². The van der Waals surface area contributed by atoms with Crippen LogP contribution in [0.25, 0.3) is 11.1 Å². The van der Waals surface area contributed by atoms with E-state index in [4.69, 9.17) is 0 Å². The number of rotatable bonds is 6. The van der Waals surface area contributed by atoms with Crippen molar-refractivity contribution in [1.29, 1.82) is 0 Å². The molecule has 0 heterocycles. The molecule has 0 radical (unpaired) electrons. The van der Waals surface area contributed by atoms with Gasteiger partial charge in [-0.05, 0) is 41.0 Å². The van der Waals surface area contributed by atoms with Gasteiger partial charge in [-0.25, -0.2) is 0 Å². The molecule has 0 bridgehead atoms. The standard InChI is InChI=1S/C20H24O2/c1-15(2)14-17-6-11-19(12-7-17)18-9-4-16(5-10-18)8-13-20(21)22-3/h4-7,9-12,15H,8,13-14H2,1-3H3. The van der Waals surface area contributed by atoms with E-state index in [0.29, 0.717) is 12.3 Å². The molecule has 0 aliphatic rings. The summed E-state index contributed by atoms with van der Waals surface area (Å²) in [4.78, 5) is 11.2. The fourth-order valence-electron chi connectivity index (χ4n) is 2.52. The molecule has 0 saturated heterocycles. The number of carbonyl (C=O) groups excluding carboxylic acids is 1. The second-order valence-electron chi connectivity index (χ2n) is 6.07. The molecule has 2 heteroatoms. The number of aryl methyl sites for hydroxylation is 1. The average Bonchev–Trinajstić information content (AvgIpc) is 2.53. The van der Waals surface area contributed by atoms with Gasteiger partial charge >= 0.3 is 5.97 Å². The number of esters is 1. The van der Waals surface area contributed by atoms with Gasteiger partial charge in [0, 0.05) is 6.42 Å². The van der Waals surface area contributed by atoms with Crippen LogP contribution in [-0.2, 0) is 22.4 Å². The summed E-state index contributed by atoms with van der Waals surface area (Å²) in [5, 5.41) is 0. The summed E-state index contributed by atoms with van der Waals surface area (Å²) in [5.74, 6) is 0.518. The zero-order valence-corrected chi connectivity index (χ0v) is 13.6. The molecule has 0 unspecified atom stereocenters. The predicted molar refractivity (Wildman–Crippen MR) is 90.8 cm³/mol. The first-order valence-corrected chi connectivity index (χ1v) is 7.83. The fraction of sp³-hybridized carbons (Fsp3) is 0.350. The van der Waals surface area contributed by atoms with E-state index in [9.17, 15) is 4.79 Å². The van der Waals surface area contributed by atoms with Gasteiger partial charge < -0.3 is 4.74 Å². The lowest BCUT2D eigenvalue weighted by Crippen LogP contribution is -2.01. The summed E-state index contributed by atoms with van der Waals surface area (Å²) < 4.78 is 4.66. The molecule has 2 aromatic carbocycles. The maximum absolute atomic E-state index is 11.2. The van der Waals surface area contributed by atoms with Crippen molar-refractivity contribution in [3.8, 4) is 11.1 Å². The minimum atomic E-state index is -0.162. The summed E-state index contributed by atoms with van der Waals surface area (Å²) in [5.41, 5.74) is 4.98. The summed E-state index contributed by atoms with van der Waals surface area (Å²) >= 11 is 0. The minimum Gasteiger partial charge on any atom is -0.469 e. The molecular formula is C20H24O2. The quantitative estimate of drug-likeness (QED) is 0.725. The highest BCUT2D eigenvalue weighted by Crippen LogP contribution is 2.21. The van der Waals surface area contributed by atoms with Gasteiger partial charge in [0.15, 0.2) is 0 Å². The van der Waals surface area contributed by atoms with E-state index in [0.717, 1.165) is 18.4 Å². The van der Waals surface area contributed by atoms with Crippen molar-refractivity contribution in [1.82, 2.24) is 0 Å². The van der Waals surface area contributed by atoms with Crippen LogP contribution in [0.15, 0.2) is 48.5 Å². The molecule has 0 fully saturated rings. The maximum atomic E-state index is 11.2. The van der Waals surface area contributed by atoms with E-state index in [-0.39, 0.29) is 5.97 Å². The third-order valence-corrected chi connectivity index (χ3v) is 3.73. The van der Waals surface area contributed by atoms with E-state index in [1.807, 2.05) is 0 Å². The van der Waals surface area contributed by atoms with Gasteiger partial charge in [0.2, 0.25) is 0 Å². The summed E-state index contributed by atoms with van der Waals surface area (Å²) in [6, 6.07) is 17.2. The Morgan fingerprint density at radius 2 is 1.41 bits per heavy atom. The van der Waals surface area contributed by atoms with Gasteiger partial charge in [-0.2, -0.15) is 0 Å². The molecule has 0 saturated carbocycles. The molecule has 116 valence electrons. The Kier molecular flexibility index (Phi) is 5.76. The molecule has 0 amide bonds. The zero-order chi connectivity index (χ0) is 15.9. The third kappa shape index (κ3) is 4.73. The predicted octanol–water partition coefficient (Wildman–Crippen LogP) is 4.66. The third-order valence-electron chi connectivity index (χ3n) is 3.73. The van der Waals surface area contributed by atoms with Crippen LogP contribution in [0.3, 0.4) is 0 Å².